The van der Waals surface area contributed by atoms with Gasteiger partial charge in [0.1, 0.15) is 22.8 Å². The number of esters is 1. The van der Waals surface area contributed by atoms with Crippen molar-refractivity contribution in [3.63, 3.8) is 0 Å². The van der Waals surface area contributed by atoms with E-state index in [2.05, 4.69) is 4.74 Å². The Balaban J connectivity index is 2.08. The van der Waals surface area contributed by atoms with Gasteiger partial charge in [0.2, 0.25) is 10.0 Å². The maximum absolute atomic E-state index is 13.2. The van der Waals surface area contributed by atoms with Crippen LogP contribution in [0.1, 0.15) is 26.2 Å². The Hall–Kier alpha value is -2.51. The minimum Gasteiger partial charge on any atom is -0.497 e. The van der Waals surface area contributed by atoms with Gasteiger partial charge < -0.3 is 14.6 Å². The molecule has 3 rings (SSSR count). The first-order chi connectivity index (χ1) is 13.7. The zero-order valence-corrected chi connectivity index (χ0v) is 17.0. The first-order valence-electron chi connectivity index (χ1n) is 8.23. The standard InChI is InChI=1S/C17H18N2O8S2/c1-26-10-3-5-11(6-4-10)29(24,25)19-8-9-7-12(17(22)27-2)28-15(9)14(20)13(19)16(21)18-23/h3-7,13-14,20,23H,8H2,1-2H3,(H,18,21)/t13-,14-/m1/s1. The van der Waals surface area contributed by atoms with Gasteiger partial charge in [-0.3, -0.25) is 10.0 Å². The molecule has 2 aromatic rings. The maximum Gasteiger partial charge on any atom is 0.348 e. The van der Waals surface area contributed by atoms with Gasteiger partial charge in [-0.25, -0.2) is 18.7 Å². The monoisotopic (exact) mass is 442 g/mol. The lowest BCUT2D eigenvalue weighted by molar-refractivity contribution is -0.137. The van der Waals surface area contributed by atoms with Crippen LogP contribution >= 0.6 is 11.3 Å². The van der Waals surface area contributed by atoms with Gasteiger partial charge in [0.05, 0.1) is 19.1 Å². The molecule has 1 aliphatic heterocycles. The van der Waals surface area contributed by atoms with Crippen molar-refractivity contribution in [2.45, 2.75) is 23.6 Å². The molecule has 0 fully saturated rings. The van der Waals surface area contributed by atoms with Gasteiger partial charge in [-0.1, -0.05) is 0 Å². The summed E-state index contributed by atoms with van der Waals surface area (Å²) in [5.41, 5.74) is 1.76. The lowest BCUT2D eigenvalue weighted by Crippen LogP contribution is -2.53. The highest BCUT2D eigenvalue weighted by atomic mass is 32.2. The molecule has 0 saturated carbocycles. The van der Waals surface area contributed by atoms with Gasteiger partial charge >= 0.3 is 5.97 Å². The third-order valence-electron chi connectivity index (χ3n) is 4.48. The van der Waals surface area contributed by atoms with Crippen LogP contribution in [-0.4, -0.2) is 55.2 Å². The summed E-state index contributed by atoms with van der Waals surface area (Å²) in [7, 11) is -1.62. The molecule has 10 nitrogen and oxygen atoms in total. The normalized spacial score (nSPS) is 19.3. The number of carbonyl (C=O) groups excluding carboxylic acids is 2. The number of nitrogens with zero attached hydrogens (tertiary/aromatic N) is 1. The topological polar surface area (TPSA) is 142 Å². The van der Waals surface area contributed by atoms with E-state index in [-0.39, 0.29) is 21.2 Å². The molecule has 0 unspecified atom stereocenters. The van der Waals surface area contributed by atoms with Gasteiger partial charge in [-0.2, -0.15) is 4.31 Å². The van der Waals surface area contributed by atoms with E-state index in [1.807, 2.05) is 0 Å². The van der Waals surface area contributed by atoms with Crippen molar-refractivity contribution in [1.29, 1.82) is 0 Å². The second kappa shape index (κ2) is 8.08. The van der Waals surface area contributed by atoms with E-state index >= 15 is 0 Å². The van der Waals surface area contributed by atoms with Crippen LogP contribution in [0.3, 0.4) is 0 Å². The molecule has 1 aliphatic rings. The van der Waals surface area contributed by atoms with Crippen molar-refractivity contribution in [3.8, 4) is 5.75 Å². The molecule has 12 heteroatoms. The number of carbonyl (C=O) groups is 2. The van der Waals surface area contributed by atoms with E-state index in [0.717, 1.165) is 15.6 Å². The summed E-state index contributed by atoms with van der Waals surface area (Å²) in [5.74, 6) is -1.31. The first-order valence-corrected chi connectivity index (χ1v) is 10.5. The van der Waals surface area contributed by atoms with E-state index in [9.17, 15) is 23.1 Å². The predicted octanol–water partition coefficient (Wildman–Crippen LogP) is 0.655. The third-order valence-corrected chi connectivity index (χ3v) is 7.55. The van der Waals surface area contributed by atoms with Crippen LogP contribution in [0.4, 0.5) is 0 Å². The molecule has 3 N–H and O–H groups in total. The molecule has 0 saturated heterocycles. The summed E-state index contributed by atoms with van der Waals surface area (Å²) in [4.78, 5) is 24.3. The summed E-state index contributed by atoms with van der Waals surface area (Å²) in [6, 6.07) is 5.27. The molecule has 29 heavy (non-hydrogen) atoms. The molecular formula is C17H18N2O8S2. The number of aliphatic hydroxyl groups excluding tert-OH is 1. The Morgan fingerprint density at radius 2 is 1.90 bits per heavy atom. The van der Waals surface area contributed by atoms with E-state index in [4.69, 9.17) is 9.94 Å². The number of aliphatic hydroxyl groups is 1. The number of thiophene rings is 1. The molecule has 1 aromatic heterocycles. The molecule has 156 valence electrons. The number of ether oxygens (including phenoxy) is 2. The van der Waals surface area contributed by atoms with Crippen LogP contribution in [0.2, 0.25) is 0 Å². The Bertz CT molecular complexity index is 1030. The van der Waals surface area contributed by atoms with Crippen LogP contribution in [0, 0.1) is 0 Å². The summed E-state index contributed by atoms with van der Waals surface area (Å²) in [6.45, 7) is -0.285. The van der Waals surface area contributed by atoms with Gasteiger partial charge in [-0.15, -0.1) is 11.3 Å². The van der Waals surface area contributed by atoms with Gasteiger partial charge in [-0.05, 0) is 35.9 Å². The van der Waals surface area contributed by atoms with Crippen molar-refractivity contribution in [3.05, 3.63) is 45.6 Å². The van der Waals surface area contributed by atoms with Crippen molar-refractivity contribution in [2.24, 2.45) is 0 Å². The van der Waals surface area contributed by atoms with Crippen molar-refractivity contribution in [2.75, 3.05) is 14.2 Å². The lowest BCUT2D eigenvalue weighted by atomic mass is 10.0. The number of amides is 1. The fourth-order valence-corrected chi connectivity index (χ4v) is 5.72. The van der Waals surface area contributed by atoms with Crippen LogP contribution in [0.25, 0.3) is 0 Å². The second-order valence-corrected chi connectivity index (χ2v) is 9.06. The van der Waals surface area contributed by atoms with Gasteiger partial charge in [0, 0.05) is 11.4 Å². The first kappa shape index (κ1) is 21.2. The largest absolute Gasteiger partial charge is 0.497 e. The number of benzene rings is 1. The van der Waals surface area contributed by atoms with Gasteiger partial charge in [0.25, 0.3) is 5.91 Å². The Labute approximate surface area is 170 Å². The smallest absolute Gasteiger partial charge is 0.348 e. The van der Waals surface area contributed by atoms with Gasteiger partial charge in [0.15, 0.2) is 0 Å². The van der Waals surface area contributed by atoms with Crippen LogP contribution in [-0.2, 0) is 26.1 Å². The Morgan fingerprint density at radius 1 is 1.24 bits per heavy atom. The summed E-state index contributed by atoms with van der Waals surface area (Å²) < 4.78 is 36.8. The fraction of sp³-hybridized carbons (Fsp3) is 0.294. The highest BCUT2D eigenvalue weighted by Gasteiger charge is 2.46. The molecule has 0 bridgehead atoms. The summed E-state index contributed by atoms with van der Waals surface area (Å²) in [5, 5.41) is 19.8. The molecule has 1 aromatic carbocycles. The van der Waals surface area contributed by atoms with Crippen LogP contribution in [0.15, 0.2) is 35.2 Å². The van der Waals surface area contributed by atoms with E-state index in [1.54, 1.807) is 0 Å². The van der Waals surface area contributed by atoms with E-state index in [1.165, 1.54) is 50.0 Å². The predicted molar refractivity (Wildman–Crippen MR) is 100 cm³/mol. The maximum atomic E-state index is 13.2. The molecule has 2 heterocycles. The number of rotatable bonds is 5. The molecule has 0 aliphatic carbocycles. The second-order valence-electron chi connectivity index (χ2n) is 6.08. The Kier molecular flexibility index (Phi) is 5.91. The SMILES string of the molecule is COC(=O)c1cc2c(s1)[C@H](O)[C@H](C(=O)NO)N(S(=O)(=O)c1ccc(OC)cc1)C2. The third kappa shape index (κ3) is 3.72. The number of fused-ring (bicyclic) bond motifs is 1. The number of methoxy groups -OCH3 is 2. The molecule has 0 radical (unpaired) electrons. The van der Waals surface area contributed by atoms with E-state index < -0.39 is 34.0 Å². The lowest BCUT2D eigenvalue weighted by Gasteiger charge is -2.36. The quantitative estimate of drug-likeness (QED) is 0.348. The fourth-order valence-electron chi connectivity index (χ4n) is 3.04. The number of hydroxylamine groups is 1. The number of nitrogens with one attached hydrogen (secondary N) is 1. The number of sulfonamides is 1. The van der Waals surface area contributed by atoms with Crippen molar-refractivity contribution >= 4 is 33.2 Å². The number of hydrogen-bond acceptors (Lipinski definition) is 9. The summed E-state index contributed by atoms with van der Waals surface area (Å²) >= 11 is 0.897. The van der Waals surface area contributed by atoms with Crippen LogP contribution < -0.4 is 10.2 Å². The molecule has 1 amide bonds. The van der Waals surface area contributed by atoms with Crippen molar-refractivity contribution in [1.82, 2.24) is 9.79 Å². The van der Waals surface area contributed by atoms with E-state index in [0.29, 0.717) is 11.3 Å². The minimum absolute atomic E-state index is 0.131. The minimum atomic E-state index is -4.25. The molecular weight excluding hydrogens is 424 g/mol. The Morgan fingerprint density at radius 3 is 2.45 bits per heavy atom. The highest BCUT2D eigenvalue weighted by Crippen LogP contribution is 2.40. The zero-order chi connectivity index (χ0) is 21.3. The van der Waals surface area contributed by atoms with Crippen LogP contribution in [0.5, 0.6) is 5.75 Å². The molecule has 0 spiro atoms. The molecule has 2 atom stereocenters. The highest BCUT2D eigenvalue weighted by molar-refractivity contribution is 7.89. The summed E-state index contributed by atoms with van der Waals surface area (Å²) in [6.07, 6.45) is -1.60. The number of hydrogen-bond donors (Lipinski definition) is 3. The average Bonchev–Trinajstić information content (AvgIpc) is 3.17. The zero-order valence-electron chi connectivity index (χ0n) is 15.4. The average molecular weight is 442 g/mol. The van der Waals surface area contributed by atoms with Crippen molar-refractivity contribution < 1.29 is 37.8 Å².